The quantitative estimate of drug-likeness (QED) is 0.420. The Morgan fingerprint density at radius 3 is 2.72 bits per heavy atom. The van der Waals surface area contributed by atoms with Gasteiger partial charge in [-0.1, -0.05) is 6.07 Å². The van der Waals surface area contributed by atoms with Crippen LogP contribution in [0.4, 0.5) is 4.79 Å². The Morgan fingerprint density at radius 1 is 1.28 bits per heavy atom. The smallest absolute Gasteiger partial charge is 0.415 e. The van der Waals surface area contributed by atoms with E-state index >= 15 is 0 Å². The van der Waals surface area contributed by atoms with Crippen molar-refractivity contribution in [3.05, 3.63) is 23.3 Å². The fraction of sp³-hybridized carbons (Fsp3) is 0.774. The maximum Gasteiger partial charge on any atom is 0.415 e. The van der Waals surface area contributed by atoms with Crippen molar-refractivity contribution in [3.8, 4) is 11.5 Å². The van der Waals surface area contributed by atoms with Crippen LogP contribution >= 0.6 is 0 Å². The molecule has 4 fully saturated rings. The van der Waals surface area contributed by atoms with Crippen molar-refractivity contribution >= 4 is 6.09 Å². The number of methoxy groups -OCH3 is 1. The SMILES string of the molecule is CO[C@@]12CC[C@]3(CCc4ccc(OC(=O)N(C)CCN)c5c4[C@@]3(CC[NH+](C)CC3CC3)[C@H]1O5)C[C@@H]2C(C)(C)O. The second kappa shape index (κ2) is 9.33. The molecule has 1 heterocycles. The molecule has 39 heavy (non-hydrogen) atoms. The van der Waals surface area contributed by atoms with E-state index in [-0.39, 0.29) is 22.9 Å². The summed E-state index contributed by atoms with van der Waals surface area (Å²) in [5, 5.41) is 11.5. The molecule has 6 atom stereocenters. The molecule has 216 valence electrons. The van der Waals surface area contributed by atoms with Gasteiger partial charge in [0.2, 0.25) is 0 Å². The summed E-state index contributed by atoms with van der Waals surface area (Å²) < 4.78 is 19.6. The molecule has 0 radical (unpaired) electrons. The summed E-state index contributed by atoms with van der Waals surface area (Å²) in [6.07, 6.45) is 7.98. The Morgan fingerprint density at radius 2 is 2.05 bits per heavy atom. The van der Waals surface area contributed by atoms with E-state index in [1.165, 1.54) is 35.4 Å². The van der Waals surface area contributed by atoms with Crippen LogP contribution in [0.25, 0.3) is 0 Å². The first-order valence-electron chi connectivity index (χ1n) is 15.1. The fourth-order valence-electron chi connectivity index (χ4n) is 9.23. The predicted octanol–water partition coefficient (Wildman–Crippen LogP) is 2.29. The van der Waals surface area contributed by atoms with E-state index < -0.39 is 17.3 Å². The Balaban J connectivity index is 1.47. The molecular formula is C31H48N3O5+. The number of hydrogen-bond acceptors (Lipinski definition) is 6. The molecule has 4 N–H and O–H groups in total. The van der Waals surface area contributed by atoms with Gasteiger partial charge in [0.15, 0.2) is 11.5 Å². The molecule has 1 spiro atoms. The average Bonchev–Trinajstić information content (AvgIpc) is 3.63. The third-order valence-electron chi connectivity index (χ3n) is 11.3. The van der Waals surface area contributed by atoms with Gasteiger partial charge in [0.1, 0.15) is 11.7 Å². The van der Waals surface area contributed by atoms with Crippen molar-refractivity contribution in [2.45, 2.75) is 87.9 Å². The molecule has 0 aromatic heterocycles. The number of carbonyl (C=O) groups excluding carboxylic acids is 1. The van der Waals surface area contributed by atoms with Crippen LogP contribution in [0.2, 0.25) is 0 Å². The van der Waals surface area contributed by atoms with Gasteiger partial charge >= 0.3 is 6.09 Å². The highest BCUT2D eigenvalue weighted by Crippen LogP contribution is 2.75. The highest BCUT2D eigenvalue weighted by Gasteiger charge is 2.78. The summed E-state index contributed by atoms with van der Waals surface area (Å²) >= 11 is 0. The molecule has 1 aromatic rings. The number of benzene rings is 1. The highest BCUT2D eigenvalue weighted by atomic mass is 16.6. The number of nitrogens with two attached hydrogens (primary N) is 1. The second-order valence-corrected chi connectivity index (χ2v) is 13.9. The average molecular weight is 543 g/mol. The number of aryl methyl sites for hydroxylation is 1. The summed E-state index contributed by atoms with van der Waals surface area (Å²) in [6.45, 7) is 6.95. The van der Waals surface area contributed by atoms with Crippen molar-refractivity contribution in [3.63, 3.8) is 0 Å². The maximum absolute atomic E-state index is 13.0. The third-order valence-corrected chi connectivity index (χ3v) is 11.3. The monoisotopic (exact) mass is 542 g/mol. The van der Waals surface area contributed by atoms with Gasteiger partial charge in [-0.15, -0.1) is 0 Å². The molecule has 8 nitrogen and oxygen atoms in total. The van der Waals surface area contributed by atoms with Crippen LogP contribution in [0.1, 0.15) is 69.9 Å². The first-order chi connectivity index (χ1) is 18.5. The van der Waals surface area contributed by atoms with Gasteiger partial charge in [-0.3, -0.25) is 0 Å². The van der Waals surface area contributed by atoms with E-state index in [0.29, 0.717) is 18.8 Å². The van der Waals surface area contributed by atoms with E-state index in [9.17, 15) is 9.90 Å². The van der Waals surface area contributed by atoms with Crippen LogP contribution in [0, 0.1) is 17.3 Å². The van der Waals surface area contributed by atoms with Crippen molar-refractivity contribution in [1.29, 1.82) is 0 Å². The Kier molecular flexibility index (Phi) is 6.53. The van der Waals surface area contributed by atoms with Crippen LogP contribution in [0.15, 0.2) is 12.1 Å². The van der Waals surface area contributed by atoms with Gasteiger partial charge in [-0.05, 0) is 75.8 Å². The van der Waals surface area contributed by atoms with Gasteiger partial charge in [0.25, 0.3) is 0 Å². The molecule has 6 aliphatic rings. The number of quaternary nitrogens is 1. The number of ether oxygens (including phenoxy) is 3. The van der Waals surface area contributed by atoms with E-state index in [4.69, 9.17) is 19.9 Å². The van der Waals surface area contributed by atoms with Gasteiger partial charge in [-0.25, -0.2) is 4.79 Å². The maximum atomic E-state index is 13.0. The predicted molar refractivity (Wildman–Crippen MR) is 148 cm³/mol. The van der Waals surface area contributed by atoms with Crippen LogP contribution in [-0.2, 0) is 16.6 Å². The van der Waals surface area contributed by atoms with Gasteiger partial charge in [-0.2, -0.15) is 0 Å². The summed E-state index contributed by atoms with van der Waals surface area (Å²) in [6, 6.07) is 4.06. The van der Waals surface area contributed by atoms with Crippen molar-refractivity contribution in [2.24, 2.45) is 23.0 Å². The highest BCUT2D eigenvalue weighted by molar-refractivity contribution is 5.73. The number of aliphatic hydroxyl groups is 1. The number of fused-ring (bicyclic) bond motifs is 2. The molecule has 1 aliphatic heterocycles. The van der Waals surface area contributed by atoms with E-state index in [1.807, 2.05) is 19.9 Å². The van der Waals surface area contributed by atoms with Crippen molar-refractivity contribution in [1.82, 2.24) is 4.90 Å². The van der Waals surface area contributed by atoms with Crippen LogP contribution < -0.4 is 20.1 Å². The number of rotatable bonds is 10. The van der Waals surface area contributed by atoms with Gasteiger partial charge < -0.3 is 34.9 Å². The van der Waals surface area contributed by atoms with Gasteiger partial charge in [0.05, 0.1) is 31.2 Å². The number of likely N-dealkylation sites (N-methyl/N-ethyl adjacent to an activating group) is 1. The van der Waals surface area contributed by atoms with E-state index in [1.54, 1.807) is 19.1 Å². The van der Waals surface area contributed by atoms with Crippen LogP contribution in [0.5, 0.6) is 11.5 Å². The molecule has 8 heteroatoms. The lowest BCUT2D eigenvalue weighted by atomic mass is 9.36. The summed E-state index contributed by atoms with van der Waals surface area (Å²) in [7, 11) is 5.84. The zero-order chi connectivity index (χ0) is 27.8. The summed E-state index contributed by atoms with van der Waals surface area (Å²) in [5.41, 5.74) is 6.51. The minimum absolute atomic E-state index is 0.0136. The number of nitrogens with one attached hydrogen (secondary N) is 1. The van der Waals surface area contributed by atoms with Crippen molar-refractivity contribution in [2.75, 3.05) is 47.4 Å². The van der Waals surface area contributed by atoms with Gasteiger partial charge in [0, 0.05) is 51.1 Å². The van der Waals surface area contributed by atoms with E-state index in [0.717, 1.165) is 56.7 Å². The topological polar surface area (TPSA) is 98.7 Å². The lowest BCUT2D eigenvalue weighted by molar-refractivity contribution is -0.882. The minimum atomic E-state index is -0.901. The van der Waals surface area contributed by atoms with Crippen LogP contribution in [-0.4, -0.2) is 80.8 Å². The third kappa shape index (κ3) is 3.96. The lowest BCUT2D eigenvalue weighted by Gasteiger charge is -2.70. The second-order valence-electron chi connectivity index (χ2n) is 13.9. The Hall–Kier alpha value is -1.87. The van der Waals surface area contributed by atoms with Crippen LogP contribution in [0.3, 0.4) is 0 Å². The first kappa shape index (κ1) is 27.3. The molecule has 2 bridgehead atoms. The Labute approximate surface area is 233 Å². The molecule has 7 rings (SSSR count). The fourth-order valence-corrected chi connectivity index (χ4v) is 9.23. The molecule has 1 aromatic carbocycles. The summed E-state index contributed by atoms with van der Waals surface area (Å²) in [4.78, 5) is 16.0. The minimum Gasteiger partial charge on any atom is -0.482 e. The summed E-state index contributed by atoms with van der Waals surface area (Å²) in [5.74, 6) is 2.02. The molecule has 4 saturated carbocycles. The standard InChI is InChI=1S/C31H47N3O5/c1-28(2,36)23-18-29-11-10-21-8-9-22(38-27(35)34(4)17-15-32)25-24(21)30(29,14-16-33(3)19-20-6-7-20)26(39-25)31(23,37-5)13-12-29/h8-9,20,23,26,36H,6-7,10-19,32H2,1-5H3/p+1/t23-,26-,29-,30+,31-/m1/s1. The van der Waals surface area contributed by atoms with Crippen molar-refractivity contribution < 1.29 is 29.0 Å². The molecular weight excluding hydrogens is 494 g/mol. The zero-order valence-electron chi connectivity index (χ0n) is 24.5. The molecule has 5 aliphatic carbocycles. The normalized spacial score (nSPS) is 34.8. The largest absolute Gasteiger partial charge is 0.482 e. The molecule has 0 saturated heterocycles. The molecule has 1 amide bonds. The number of amides is 1. The zero-order valence-corrected chi connectivity index (χ0v) is 24.5. The molecule has 1 unspecified atom stereocenters. The Bertz CT molecular complexity index is 1130. The van der Waals surface area contributed by atoms with E-state index in [2.05, 4.69) is 13.1 Å². The number of carbonyl (C=O) groups is 1. The lowest BCUT2D eigenvalue weighted by Crippen LogP contribution is -3.09. The number of nitrogens with zero attached hydrogens (tertiary/aromatic N) is 1. The first-order valence-corrected chi connectivity index (χ1v) is 15.1. The number of hydrogen-bond donors (Lipinski definition) is 3.